The first kappa shape index (κ1) is 18.9. The summed E-state index contributed by atoms with van der Waals surface area (Å²) in [6.07, 6.45) is 3.67. The lowest BCUT2D eigenvalue weighted by molar-refractivity contribution is 0.0501. The third kappa shape index (κ3) is 3.60. The second kappa shape index (κ2) is 7.64. The molecule has 1 aliphatic rings. The van der Waals surface area contributed by atoms with E-state index in [4.69, 9.17) is 5.73 Å². The summed E-state index contributed by atoms with van der Waals surface area (Å²) in [7, 11) is 0. The van der Waals surface area contributed by atoms with Crippen molar-refractivity contribution in [3.8, 4) is 0 Å². The van der Waals surface area contributed by atoms with E-state index in [0.717, 1.165) is 57.7 Å². The second-order valence-corrected chi connectivity index (χ2v) is 8.03. The topological polar surface area (TPSA) is 116 Å². The van der Waals surface area contributed by atoms with Crippen molar-refractivity contribution in [1.82, 2.24) is 24.8 Å². The summed E-state index contributed by atoms with van der Waals surface area (Å²) in [6, 6.07) is 10.1. The number of nitrogens with zero attached hydrogens (tertiary/aromatic N) is 4. The van der Waals surface area contributed by atoms with Crippen LogP contribution in [0.25, 0.3) is 21.9 Å². The van der Waals surface area contributed by atoms with Crippen molar-refractivity contribution in [2.75, 3.05) is 18.4 Å². The summed E-state index contributed by atoms with van der Waals surface area (Å²) in [5.41, 5.74) is 10.8. The molecule has 0 saturated carbocycles. The van der Waals surface area contributed by atoms with Crippen LogP contribution >= 0.6 is 0 Å². The van der Waals surface area contributed by atoms with Gasteiger partial charge in [-0.05, 0) is 37.1 Å². The van der Waals surface area contributed by atoms with Gasteiger partial charge in [-0.25, -0.2) is 15.0 Å². The van der Waals surface area contributed by atoms with Gasteiger partial charge in [0.05, 0.1) is 23.5 Å². The summed E-state index contributed by atoms with van der Waals surface area (Å²) in [4.78, 5) is 19.0. The maximum absolute atomic E-state index is 10.2. The molecule has 1 saturated heterocycles. The average Bonchev–Trinajstić information content (AvgIpc) is 3.10. The molecule has 4 aromatic rings. The van der Waals surface area contributed by atoms with E-state index >= 15 is 0 Å². The number of nitrogens with one attached hydrogen (secondary N) is 2. The number of H-pyrrole nitrogens is 1. The highest BCUT2D eigenvalue weighted by atomic mass is 16.3. The third-order valence-corrected chi connectivity index (χ3v) is 5.73. The van der Waals surface area contributed by atoms with Gasteiger partial charge in [0.15, 0.2) is 0 Å². The number of β-amino-alcohol motifs (C(OH)–C–C–N with tert-alkyl or cyclic N) is 1. The number of aliphatic hydroxyl groups is 1. The Labute approximate surface area is 174 Å². The molecule has 0 spiro atoms. The van der Waals surface area contributed by atoms with Crippen LogP contribution in [0.3, 0.4) is 0 Å². The summed E-state index contributed by atoms with van der Waals surface area (Å²) in [6.45, 7) is 4.15. The number of anilines is 2. The fourth-order valence-electron chi connectivity index (χ4n) is 4.16. The molecule has 8 nitrogen and oxygen atoms in total. The zero-order chi connectivity index (χ0) is 20.7. The van der Waals surface area contributed by atoms with Crippen LogP contribution in [0.2, 0.25) is 0 Å². The number of benzene rings is 1. The first-order valence-electron chi connectivity index (χ1n) is 10.2. The van der Waals surface area contributed by atoms with Gasteiger partial charge in [0, 0.05) is 42.1 Å². The Balaban J connectivity index is 1.48. The third-order valence-electron chi connectivity index (χ3n) is 5.73. The van der Waals surface area contributed by atoms with Crippen LogP contribution in [0, 0.1) is 6.92 Å². The Morgan fingerprint density at radius 3 is 3.03 bits per heavy atom. The predicted molar refractivity (Wildman–Crippen MR) is 118 cm³/mol. The zero-order valence-corrected chi connectivity index (χ0v) is 16.8. The van der Waals surface area contributed by atoms with E-state index in [0.29, 0.717) is 13.1 Å². The van der Waals surface area contributed by atoms with Crippen LogP contribution in [0.15, 0.2) is 42.9 Å². The number of hydrogen-bond donors (Lipinski definition) is 4. The number of aromatic amines is 1. The van der Waals surface area contributed by atoms with Crippen LogP contribution in [0.1, 0.15) is 17.7 Å². The van der Waals surface area contributed by atoms with Gasteiger partial charge < -0.3 is 21.1 Å². The van der Waals surface area contributed by atoms with Crippen LogP contribution in [-0.2, 0) is 6.54 Å². The van der Waals surface area contributed by atoms with Crippen molar-refractivity contribution in [2.24, 2.45) is 5.73 Å². The quantitative estimate of drug-likeness (QED) is 0.414. The fourth-order valence-corrected chi connectivity index (χ4v) is 4.16. The number of aromatic nitrogens is 4. The number of pyridine rings is 1. The Kier molecular flexibility index (Phi) is 4.82. The lowest BCUT2D eigenvalue weighted by Gasteiger charge is -2.34. The molecular weight excluding hydrogens is 378 g/mol. The summed E-state index contributed by atoms with van der Waals surface area (Å²) >= 11 is 0. The first-order chi connectivity index (χ1) is 14.6. The van der Waals surface area contributed by atoms with Gasteiger partial charge in [-0.1, -0.05) is 12.1 Å². The highest BCUT2D eigenvalue weighted by Crippen LogP contribution is 2.29. The number of piperidine rings is 1. The summed E-state index contributed by atoms with van der Waals surface area (Å²) in [5.74, 6) is 0.748. The fraction of sp³-hybridized carbons (Fsp3) is 0.318. The number of fused-ring (bicyclic) bond motifs is 2. The van der Waals surface area contributed by atoms with E-state index in [-0.39, 0.29) is 6.04 Å². The maximum atomic E-state index is 10.2. The number of hydrogen-bond acceptors (Lipinski definition) is 7. The Morgan fingerprint density at radius 1 is 1.27 bits per heavy atom. The minimum atomic E-state index is -0.495. The smallest absolute Gasteiger partial charge is 0.142 e. The molecule has 3 aromatic heterocycles. The summed E-state index contributed by atoms with van der Waals surface area (Å²) in [5, 5.41) is 15.6. The normalized spacial score (nSPS) is 20.1. The first-order valence-corrected chi connectivity index (χ1v) is 10.2. The van der Waals surface area contributed by atoms with Crippen LogP contribution < -0.4 is 11.1 Å². The molecule has 0 aliphatic carbocycles. The van der Waals surface area contributed by atoms with Gasteiger partial charge in [0.25, 0.3) is 0 Å². The molecule has 0 amide bonds. The SMILES string of the molecule is Cc1cc2cc(Nc3ncnc4cccc(CN5CC[C@@H](N)[C@H](O)C5)c34)cnc2[nH]1. The molecule has 5 rings (SSSR count). The number of aryl methyl sites for hydroxylation is 1. The summed E-state index contributed by atoms with van der Waals surface area (Å²) < 4.78 is 0. The van der Waals surface area contributed by atoms with E-state index in [1.165, 1.54) is 0 Å². The number of nitrogens with two attached hydrogens (primary N) is 1. The van der Waals surface area contributed by atoms with E-state index in [1.54, 1.807) is 12.5 Å². The second-order valence-electron chi connectivity index (χ2n) is 8.03. The molecule has 1 fully saturated rings. The number of aliphatic hydroxyl groups excluding tert-OH is 1. The van der Waals surface area contributed by atoms with Gasteiger partial charge >= 0.3 is 0 Å². The van der Waals surface area contributed by atoms with E-state index in [9.17, 15) is 5.11 Å². The Morgan fingerprint density at radius 2 is 2.17 bits per heavy atom. The molecule has 1 aliphatic heterocycles. The Bertz CT molecular complexity index is 1200. The molecule has 154 valence electrons. The number of likely N-dealkylation sites (tertiary alicyclic amines) is 1. The molecule has 8 heteroatoms. The standard InChI is InChI=1S/C22H25N7O/c1-13-7-15-8-16(9-24-21(15)27-13)28-22-20-14(3-2-4-18(20)25-12-26-22)10-29-6-5-17(23)19(30)11-29/h2-4,7-9,12,17,19,30H,5-6,10-11,23H2,1H3,(H,24,27)(H,25,26,28)/t17-,19-/m1/s1. The molecule has 30 heavy (non-hydrogen) atoms. The van der Waals surface area contributed by atoms with Crippen molar-refractivity contribution in [2.45, 2.75) is 32.0 Å². The molecule has 0 unspecified atom stereocenters. The molecule has 0 radical (unpaired) electrons. The van der Waals surface area contributed by atoms with Gasteiger partial charge in [-0.15, -0.1) is 0 Å². The van der Waals surface area contributed by atoms with Gasteiger partial charge in [-0.3, -0.25) is 4.90 Å². The van der Waals surface area contributed by atoms with Crippen LogP contribution in [0.4, 0.5) is 11.5 Å². The van der Waals surface area contributed by atoms with Crippen molar-refractivity contribution in [1.29, 1.82) is 0 Å². The highest BCUT2D eigenvalue weighted by molar-refractivity contribution is 5.94. The van der Waals surface area contributed by atoms with Crippen molar-refractivity contribution < 1.29 is 5.11 Å². The van der Waals surface area contributed by atoms with Crippen molar-refractivity contribution in [3.05, 3.63) is 54.1 Å². The van der Waals surface area contributed by atoms with Crippen LogP contribution in [-0.4, -0.2) is 55.2 Å². The van der Waals surface area contributed by atoms with E-state index < -0.39 is 6.10 Å². The number of rotatable bonds is 4. The minimum absolute atomic E-state index is 0.145. The Hall–Kier alpha value is -3.07. The maximum Gasteiger partial charge on any atom is 0.142 e. The largest absolute Gasteiger partial charge is 0.390 e. The van der Waals surface area contributed by atoms with E-state index in [1.807, 2.05) is 19.1 Å². The van der Waals surface area contributed by atoms with Crippen molar-refractivity contribution >= 4 is 33.4 Å². The lowest BCUT2D eigenvalue weighted by Crippen LogP contribution is -2.50. The molecule has 1 aromatic carbocycles. The monoisotopic (exact) mass is 403 g/mol. The molecular formula is C22H25N7O. The van der Waals surface area contributed by atoms with E-state index in [2.05, 4.69) is 48.4 Å². The molecule has 4 heterocycles. The predicted octanol–water partition coefficient (Wildman–Crippen LogP) is 2.45. The molecule has 5 N–H and O–H groups in total. The van der Waals surface area contributed by atoms with Crippen LogP contribution in [0.5, 0.6) is 0 Å². The minimum Gasteiger partial charge on any atom is -0.390 e. The van der Waals surface area contributed by atoms with Gasteiger partial charge in [0.2, 0.25) is 0 Å². The molecule has 2 atom stereocenters. The molecule has 0 bridgehead atoms. The van der Waals surface area contributed by atoms with Crippen molar-refractivity contribution in [3.63, 3.8) is 0 Å². The lowest BCUT2D eigenvalue weighted by atomic mass is 10.0. The van der Waals surface area contributed by atoms with Gasteiger partial charge in [-0.2, -0.15) is 0 Å². The van der Waals surface area contributed by atoms with Gasteiger partial charge in [0.1, 0.15) is 17.8 Å². The highest BCUT2D eigenvalue weighted by Gasteiger charge is 2.25. The average molecular weight is 403 g/mol. The zero-order valence-electron chi connectivity index (χ0n) is 16.8.